The van der Waals surface area contributed by atoms with Crippen LogP contribution in [0.25, 0.3) is 5.82 Å². The normalized spacial score (nSPS) is 11.8. The lowest BCUT2D eigenvalue weighted by Gasteiger charge is -2.19. The highest BCUT2D eigenvalue weighted by Gasteiger charge is 2.22. The van der Waals surface area contributed by atoms with Crippen molar-refractivity contribution in [1.29, 1.82) is 10.5 Å². The van der Waals surface area contributed by atoms with E-state index in [4.69, 9.17) is 10.00 Å². The van der Waals surface area contributed by atoms with Crippen LogP contribution < -0.4 is 10.1 Å². The van der Waals surface area contributed by atoms with Gasteiger partial charge in [-0.2, -0.15) is 20.3 Å². The summed E-state index contributed by atoms with van der Waals surface area (Å²) in [7, 11) is 0. The Balaban J connectivity index is 1.80. The largest absolute Gasteiger partial charge is 0.473 e. The number of nitrogens with one attached hydrogen (secondary N) is 1. The topological polar surface area (TPSA) is 142 Å². The van der Waals surface area contributed by atoms with Gasteiger partial charge in [-0.25, -0.2) is 15.0 Å². The van der Waals surface area contributed by atoms with Crippen molar-refractivity contribution in [3.63, 3.8) is 0 Å². The first-order valence-corrected chi connectivity index (χ1v) is 9.86. The van der Waals surface area contributed by atoms with Gasteiger partial charge in [-0.3, -0.25) is 4.79 Å². The van der Waals surface area contributed by atoms with Crippen molar-refractivity contribution in [2.45, 2.75) is 32.4 Å². The average molecular weight is 481 g/mol. The number of hydrogen-bond acceptors (Lipinski definition) is 8. The molecule has 3 rings (SSSR count). The Morgan fingerprint density at radius 3 is 2.65 bits per heavy atom. The predicted octanol–water partition coefficient (Wildman–Crippen LogP) is 2.86. The molecule has 0 saturated carbocycles. The molecule has 0 aliphatic heterocycles. The van der Waals surface area contributed by atoms with Gasteiger partial charge in [0.25, 0.3) is 5.91 Å². The van der Waals surface area contributed by atoms with Crippen LogP contribution in [-0.2, 0) is 0 Å². The van der Waals surface area contributed by atoms with Gasteiger partial charge in [0.15, 0.2) is 22.9 Å². The van der Waals surface area contributed by atoms with E-state index in [-0.39, 0.29) is 11.6 Å². The molecule has 1 N–H and O–H groups in total. The lowest BCUT2D eigenvalue weighted by atomic mass is 10.1. The van der Waals surface area contributed by atoms with Crippen LogP contribution in [0.2, 0.25) is 0 Å². The van der Waals surface area contributed by atoms with Gasteiger partial charge in [0.2, 0.25) is 0 Å². The van der Waals surface area contributed by atoms with E-state index >= 15 is 0 Å². The molecule has 156 valence electrons. The van der Waals surface area contributed by atoms with Crippen LogP contribution in [0.5, 0.6) is 5.75 Å². The van der Waals surface area contributed by atoms with Crippen LogP contribution in [0.15, 0.2) is 41.4 Å². The molecule has 0 fully saturated rings. The molecule has 0 bridgehead atoms. The number of carbonyl (C=O) groups excluding carboxylic acids is 1. The summed E-state index contributed by atoms with van der Waals surface area (Å²) in [6.45, 7) is 5.02. The maximum absolute atomic E-state index is 12.8. The van der Waals surface area contributed by atoms with Crippen LogP contribution in [0.1, 0.15) is 48.7 Å². The third-order valence-electron chi connectivity index (χ3n) is 4.05. The molecule has 0 radical (unpaired) electrons. The second-order valence-corrected chi connectivity index (χ2v) is 7.91. The average Bonchev–Trinajstić information content (AvgIpc) is 3.23. The smallest absolute Gasteiger partial charge is 0.252 e. The number of carbonyl (C=O) groups is 1. The van der Waals surface area contributed by atoms with Crippen molar-refractivity contribution in [2.75, 3.05) is 0 Å². The van der Waals surface area contributed by atoms with E-state index in [0.29, 0.717) is 27.4 Å². The van der Waals surface area contributed by atoms with Gasteiger partial charge in [-0.05, 0) is 39.0 Å². The summed E-state index contributed by atoms with van der Waals surface area (Å²) in [5.41, 5.74) is -0.520. The SMILES string of the molecule is C[C@H](NC(=O)c1cc(Br)cc(OC(C)(C)C#N)c1)c1ncnn1-c1cnc(C#N)cn1. The van der Waals surface area contributed by atoms with Gasteiger partial charge in [0, 0.05) is 10.0 Å². The molecule has 1 aromatic carbocycles. The molecule has 0 unspecified atom stereocenters. The third-order valence-corrected chi connectivity index (χ3v) is 4.51. The number of halogens is 1. The van der Waals surface area contributed by atoms with Crippen molar-refractivity contribution in [2.24, 2.45) is 0 Å². The number of benzene rings is 1. The molecule has 0 aliphatic carbocycles. The summed E-state index contributed by atoms with van der Waals surface area (Å²) in [5.74, 6) is 0.817. The Hall–Kier alpha value is -3.83. The summed E-state index contributed by atoms with van der Waals surface area (Å²) >= 11 is 3.36. The third kappa shape index (κ3) is 5.21. The molecule has 2 heterocycles. The highest BCUT2D eigenvalue weighted by molar-refractivity contribution is 9.10. The fraction of sp³-hybridized carbons (Fsp3) is 0.250. The number of nitrogens with zero attached hydrogens (tertiary/aromatic N) is 7. The van der Waals surface area contributed by atoms with Crippen LogP contribution in [0.3, 0.4) is 0 Å². The number of amides is 1. The molecule has 31 heavy (non-hydrogen) atoms. The predicted molar refractivity (Wildman–Crippen MR) is 112 cm³/mol. The van der Waals surface area contributed by atoms with Crippen molar-refractivity contribution >= 4 is 21.8 Å². The van der Waals surface area contributed by atoms with Gasteiger partial charge in [0.05, 0.1) is 18.4 Å². The van der Waals surface area contributed by atoms with E-state index in [1.165, 1.54) is 23.4 Å². The monoisotopic (exact) mass is 480 g/mol. The summed E-state index contributed by atoms with van der Waals surface area (Å²) in [6.07, 6.45) is 4.07. The van der Waals surface area contributed by atoms with Gasteiger partial charge < -0.3 is 10.1 Å². The van der Waals surface area contributed by atoms with Crippen molar-refractivity contribution in [3.05, 3.63) is 58.5 Å². The molecule has 11 heteroatoms. The Morgan fingerprint density at radius 2 is 2.00 bits per heavy atom. The van der Waals surface area contributed by atoms with Crippen molar-refractivity contribution in [3.8, 4) is 23.7 Å². The summed E-state index contributed by atoms with van der Waals surface area (Å²) in [5, 5.41) is 25.0. The fourth-order valence-corrected chi connectivity index (χ4v) is 3.10. The minimum atomic E-state index is -1.04. The molecule has 0 aliphatic rings. The minimum Gasteiger partial charge on any atom is -0.473 e. The molecular formula is C20H17BrN8O2. The van der Waals surface area contributed by atoms with E-state index in [1.807, 2.05) is 6.07 Å². The number of nitriles is 2. The summed E-state index contributed by atoms with van der Waals surface area (Å²) in [4.78, 5) is 25.2. The lowest BCUT2D eigenvalue weighted by Crippen LogP contribution is -2.29. The number of hydrogen-bond donors (Lipinski definition) is 1. The zero-order valence-electron chi connectivity index (χ0n) is 16.9. The maximum atomic E-state index is 12.8. The summed E-state index contributed by atoms with van der Waals surface area (Å²) < 4.78 is 7.73. The quantitative estimate of drug-likeness (QED) is 0.566. The number of rotatable bonds is 6. The first-order chi connectivity index (χ1) is 14.7. The van der Waals surface area contributed by atoms with Crippen LogP contribution >= 0.6 is 15.9 Å². The van der Waals surface area contributed by atoms with Crippen LogP contribution in [0, 0.1) is 22.7 Å². The molecule has 0 saturated heterocycles. The Kier molecular flexibility index (Phi) is 6.28. The number of aromatic nitrogens is 5. The van der Waals surface area contributed by atoms with Crippen molar-refractivity contribution < 1.29 is 9.53 Å². The molecular weight excluding hydrogens is 464 g/mol. The Bertz CT molecular complexity index is 1190. The van der Waals surface area contributed by atoms with Crippen LogP contribution in [0.4, 0.5) is 0 Å². The highest BCUT2D eigenvalue weighted by Crippen LogP contribution is 2.25. The van der Waals surface area contributed by atoms with Gasteiger partial charge in [-0.15, -0.1) is 0 Å². The molecule has 2 aromatic heterocycles. The summed E-state index contributed by atoms with van der Waals surface area (Å²) in [6, 6.07) is 8.31. The van der Waals surface area contributed by atoms with E-state index < -0.39 is 11.6 Å². The van der Waals surface area contributed by atoms with E-state index in [2.05, 4.69) is 47.4 Å². The molecule has 10 nitrogen and oxygen atoms in total. The van der Waals surface area contributed by atoms with Gasteiger partial charge in [-0.1, -0.05) is 15.9 Å². The molecule has 1 atom stereocenters. The zero-order chi connectivity index (χ0) is 22.6. The van der Waals surface area contributed by atoms with E-state index in [1.54, 1.807) is 39.0 Å². The van der Waals surface area contributed by atoms with Crippen LogP contribution in [-0.4, -0.2) is 36.2 Å². The second-order valence-electron chi connectivity index (χ2n) is 7.00. The molecule has 1 amide bonds. The Labute approximate surface area is 186 Å². The molecule has 3 aromatic rings. The van der Waals surface area contributed by atoms with Gasteiger partial charge in [0.1, 0.15) is 24.2 Å². The lowest BCUT2D eigenvalue weighted by molar-refractivity contribution is 0.0936. The molecule has 0 spiro atoms. The highest BCUT2D eigenvalue weighted by atomic mass is 79.9. The second kappa shape index (κ2) is 8.90. The zero-order valence-corrected chi connectivity index (χ0v) is 18.5. The van der Waals surface area contributed by atoms with Gasteiger partial charge >= 0.3 is 0 Å². The minimum absolute atomic E-state index is 0.180. The first kappa shape index (κ1) is 21.9. The standard InChI is InChI=1S/C20H17BrN8O2/c1-12(18-26-11-27-29(18)17-9-24-15(7-22)8-25-17)28-19(30)13-4-14(21)6-16(5-13)31-20(2,3)10-23/h4-6,8-9,11-12H,1-3H3,(H,28,30)/t12-/m0/s1. The fourth-order valence-electron chi connectivity index (χ4n) is 2.63. The van der Waals surface area contributed by atoms with Crippen molar-refractivity contribution in [1.82, 2.24) is 30.0 Å². The maximum Gasteiger partial charge on any atom is 0.252 e. The first-order valence-electron chi connectivity index (χ1n) is 9.06. The number of ether oxygens (including phenoxy) is 1. The Morgan fingerprint density at radius 1 is 1.23 bits per heavy atom. The van der Waals surface area contributed by atoms with E-state index in [0.717, 1.165) is 0 Å². The van der Waals surface area contributed by atoms with E-state index in [9.17, 15) is 10.1 Å².